The molecule has 1 aliphatic heterocycles. The highest BCUT2D eigenvalue weighted by Gasteiger charge is 2.28. The van der Waals surface area contributed by atoms with Gasteiger partial charge in [-0.2, -0.15) is 0 Å². The van der Waals surface area contributed by atoms with Crippen molar-refractivity contribution in [3.05, 3.63) is 72.6 Å². The first-order valence-corrected chi connectivity index (χ1v) is 8.77. The summed E-state index contributed by atoms with van der Waals surface area (Å²) >= 11 is 0. The van der Waals surface area contributed by atoms with Gasteiger partial charge in [0.1, 0.15) is 11.5 Å². The molecule has 1 amide bonds. The summed E-state index contributed by atoms with van der Waals surface area (Å²) in [4.78, 5) is 31.6. The normalized spacial score (nSPS) is 17.2. The molecule has 1 atom stereocenters. The minimum Gasteiger partial charge on any atom is -0.337 e. The van der Waals surface area contributed by atoms with Crippen molar-refractivity contribution in [2.45, 2.75) is 25.3 Å². The van der Waals surface area contributed by atoms with Crippen LogP contribution in [-0.2, 0) is 6.54 Å². The van der Waals surface area contributed by atoms with Crippen LogP contribution < -0.4 is 0 Å². The van der Waals surface area contributed by atoms with Crippen LogP contribution >= 0.6 is 0 Å². The standard InChI is InChI=1S/C19H20N6O/c26-19(17-12-20-7-8-22-17)25-10-3-4-15(13-25)18-23-9-11-24(18)14-16-5-1-2-6-21-16/h1-2,5-9,11-12,15H,3-4,10,13-14H2/t15-/m0/s1. The van der Waals surface area contributed by atoms with Crippen LogP contribution in [0.15, 0.2) is 55.4 Å². The van der Waals surface area contributed by atoms with Gasteiger partial charge in [-0.25, -0.2) is 9.97 Å². The number of carbonyl (C=O) groups is 1. The van der Waals surface area contributed by atoms with E-state index in [2.05, 4.69) is 24.5 Å². The molecule has 0 aliphatic carbocycles. The zero-order chi connectivity index (χ0) is 17.8. The molecular formula is C19H20N6O. The fourth-order valence-electron chi connectivity index (χ4n) is 3.42. The van der Waals surface area contributed by atoms with Crippen LogP contribution in [0.2, 0.25) is 0 Å². The lowest BCUT2D eigenvalue weighted by Crippen LogP contribution is -2.40. The third-order valence-corrected chi connectivity index (χ3v) is 4.66. The van der Waals surface area contributed by atoms with E-state index in [1.807, 2.05) is 35.5 Å². The van der Waals surface area contributed by atoms with Crippen LogP contribution in [0.1, 0.15) is 40.8 Å². The molecule has 3 aromatic heterocycles. The molecule has 0 spiro atoms. The van der Waals surface area contributed by atoms with Gasteiger partial charge in [-0.1, -0.05) is 6.07 Å². The van der Waals surface area contributed by atoms with E-state index in [4.69, 9.17) is 0 Å². The second-order valence-corrected chi connectivity index (χ2v) is 6.42. The molecule has 0 aromatic carbocycles. The van der Waals surface area contributed by atoms with Crippen molar-refractivity contribution in [3.8, 4) is 0 Å². The molecule has 0 radical (unpaired) electrons. The van der Waals surface area contributed by atoms with E-state index in [0.29, 0.717) is 18.8 Å². The summed E-state index contributed by atoms with van der Waals surface area (Å²) < 4.78 is 2.13. The van der Waals surface area contributed by atoms with Crippen molar-refractivity contribution >= 4 is 5.91 Å². The van der Waals surface area contributed by atoms with Crippen molar-refractivity contribution in [1.29, 1.82) is 0 Å². The summed E-state index contributed by atoms with van der Waals surface area (Å²) in [5, 5.41) is 0. The molecule has 0 bridgehead atoms. The Morgan fingerprint density at radius 3 is 2.88 bits per heavy atom. The Morgan fingerprint density at radius 1 is 1.12 bits per heavy atom. The van der Waals surface area contributed by atoms with Gasteiger partial charge in [0.05, 0.1) is 18.4 Å². The predicted molar refractivity (Wildman–Crippen MR) is 95.5 cm³/mol. The SMILES string of the molecule is O=C(c1cnccn1)N1CCC[C@H](c2nccn2Cc2ccccn2)C1. The number of piperidine rings is 1. The minimum atomic E-state index is -0.0642. The molecule has 26 heavy (non-hydrogen) atoms. The largest absolute Gasteiger partial charge is 0.337 e. The van der Waals surface area contributed by atoms with Crippen molar-refractivity contribution in [3.63, 3.8) is 0 Å². The van der Waals surface area contributed by atoms with E-state index >= 15 is 0 Å². The third-order valence-electron chi connectivity index (χ3n) is 4.66. The van der Waals surface area contributed by atoms with Crippen molar-refractivity contribution < 1.29 is 4.79 Å². The summed E-state index contributed by atoms with van der Waals surface area (Å²) in [7, 11) is 0. The maximum Gasteiger partial charge on any atom is 0.274 e. The molecule has 3 aromatic rings. The average molecular weight is 348 g/mol. The summed E-state index contributed by atoms with van der Waals surface area (Å²) in [6.07, 6.45) is 12.2. The number of imidazole rings is 1. The molecule has 7 nitrogen and oxygen atoms in total. The summed E-state index contributed by atoms with van der Waals surface area (Å²) in [6.45, 7) is 2.08. The Morgan fingerprint density at radius 2 is 2.08 bits per heavy atom. The minimum absolute atomic E-state index is 0.0642. The molecule has 1 aliphatic rings. The Bertz CT molecular complexity index is 864. The van der Waals surface area contributed by atoms with E-state index in [9.17, 15) is 4.79 Å². The smallest absolute Gasteiger partial charge is 0.274 e. The zero-order valence-electron chi connectivity index (χ0n) is 14.4. The first-order valence-electron chi connectivity index (χ1n) is 8.77. The highest BCUT2D eigenvalue weighted by atomic mass is 16.2. The maximum absolute atomic E-state index is 12.7. The summed E-state index contributed by atoms with van der Waals surface area (Å²) in [6, 6.07) is 5.91. The van der Waals surface area contributed by atoms with Gasteiger partial charge in [0.25, 0.3) is 5.91 Å². The second kappa shape index (κ2) is 7.43. The van der Waals surface area contributed by atoms with Gasteiger partial charge in [0.15, 0.2) is 0 Å². The Balaban J connectivity index is 1.50. The maximum atomic E-state index is 12.7. The number of nitrogens with zero attached hydrogens (tertiary/aromatic N) is 6. The Kier molecular flexibility index (Phi) is 4.68. The van der Waals surface area contributed by atoms with Crippen LogP contribution in [0.5, 0.6) is 0 Å². The molecule has 0 unspecified atom stereocenters. The average Bonchev–Trinajstić information content (AvgIpc) is 3.17. The molecule has 0 saturated carbocycles. The highest BCUT2D eigenvalue weighted by molar-refractivity contribution is 5.92. The summed E-state index contributed by atoms with van der Waals surface area (Å²) in [5.41, 5.74) is 1.39. The highest BCUT2D eigenvalue weighted by Crippen LogP contribution is 2.27. The number of hydrogen-bond donors (Lipinski definition) is 0. The second-order valence-electron chi connectivity index (χ2n) is 6.42. The molecule has 4 rings (SSSR count). The van der Waals surface area contributed by atoms with Gasteiger partial charge in [-0.05, 0) is 25.0 Å². The quantitative estimate of drug-likeness (QED) is 0.722. The van der Waals surface area contributed by atoms with Gasteiger partial charge in [-0.15, -0.1) is 0 Å². The molecule has 7 heteroatoms. The van der Waals surface area contributed by atoms with Crippen molar-refractivity contribution in [2.24, 2.45) is 0 Å². The zero-order valence-corrected chi connectivity index (χ0v) is 14.4. The summed E-state index contributed by atoms with van der Waals surface area (Å²) in [5.74, 6) is 1.15. The number of aromatic nitrogens is 5. The number of pyridine rings is 1. The van der Waals surface area contributed by atoms with E-state index in [1.165, 1.54) is 6.20 Å². The lowest BCUT2D eigenvalue weighted by atomic mass is 9.96. The molecule has 132 valence electrons. The van der Waals surface area contributed by atoms with Crippen LogP contribution in [0, 0.1) is 0 Å². The first kappa shape index (κ1) is 16.4. The molecule has 4 heterocycles. The number of likely N-dealkylation sites (tertiary alicyclic amines) is 1. The van der Waals surface area contributed by atoms with Gasteiger partial charge in [0.2, 0.25) is 0 Å². The molecular weight excluding hydrogens is 328 g/mol. The topological polar surface area (TPSA) is 76.8 Å². The van der Waals surface area contributed by atoms with Crippen molar-refractivity contribution in [2.75, 3.05) is 13.1 Å². The predicted octanol–water partition coefficient (Wildman–Crippen LogP) is 2.14. The van der Waals surface area contributed by atoms with E-state index in [0.717, 1.165) is 30.9 Å². The van der Waals surface area contributed by atoms with Crippen LogP contribution in [0.25, 0.3) is 0 Å². The number of hydrogen-bond acceptors (Lipinski definition) is 5. The third kappa shape index (κ3) is 3.46. The lowest BCUT2D eigenvalue weighted by Gasteiger charge is -2.32. The molecule has 0 N–H and O–H groups in total. The fraction of sp³-hybridized carbons (Fsp3) is 0.316. The van der Waals surface area contributed by atoms with Crippen LogP contribution in [0.3, 0.4) is 0 Å². The van der Waals surface area contributed by atoms with Gasteiger partial charge < -0.3 is 9.47 Å². The fourth-order valence-corrected chi connectivity index (χ4v) is 3.42. The Labute approximate surface area is 151 Å². The lowest BCUT2D eigenvalue weighted by molar-refractivity contribution is 0.0697. The monoisotopic (exact) mass is 348 g/mol. The molecule has 1 saturated heterocycles. The molecule has 1 fully saturated rings. The number of rotatable bonds is 4. The first-order chi connectivity index (χ1) is 12.8. The van der Waals surface area contributed by atoms with Crippen molar-refractivity contribution in [1.82, 2.24) is 29.4 Å². The number of carbonyl (C=O) groups excluding carboxylic acids is 1. The van der Waals surface area contributed by atoms with Gasteiger partial charge in [0, 0.05) is 50.0 Å². The van der Waals surface area contributed by atoms with E-state index in [1.54, 1.807) is 18.6 Å². The van der Waals surface area contributed by atoms with Crippen LogP contribution in [-0.4, -0.2) is 48.4 Å². The van der Waals surface area contributed by atoms with E-state index < -0.39 is 0 Å². The van der Waals surface area contributed by atoms with E-state index in [-0.39, 0.29) is 11.8 Å². The van der Waals surface area contributed by atoms with Gasteiger partial charge in [-0.3, -0.25) is 14.8 Å². The van der Waals surface area contributed by atoms with Crippen LogP contribution in [0.4, 0.5) is 0 Å². The van der Waals surface area contributed by atoms with Gasteiger partial charge >= 0.3 is 0 Å². The number of amides is 1. The Hall–Kier alpha value is -3.09.